The number of aromatic nitrogens is 1. The Balaban J connectivity index is 1.67. The van der Waals surface area contributed by atoms with Gasteiger partial charge < -0.3 is 0 Å². The zero-order chi connectivity index (χ0) is 18.1. The van der Waals surface area contributed by atoms with Gasteiger partial charge in [-0.2, -0.15) is 0 Å². The fourth-order valence-electron chi connectivity index (χ4n) is 3.46. The zero-order valence-electron chi connectivity index (χ0n) is 15.0. The molecule has 3 aromatic rings. The SMILES string of the molecule is COc1cc2[se]n(-c3ccc(CN4CCCC4)cc3)c(=O)c2cc1OC. The molecule has 1 saturated heterocycles. The van der Waals surface area contributed by atoms with Crippen molar-refractivity contribution in [3.63, 3.8) is 0 Å². The van der Waals surface area contributed by atoms with Gasteiger partial charge in [-0.1, -0.05) is 0 Å². The summed E-state index contributed by atoms with van der Waals surface area (Å²) in [5, 5.41) is 0.712. The van der Waals surface area contributed by atoms with Gasteiger partial charge in [0.05, 0.1) is 0 Å². The van der Waals surface area contributed by atoms with Crippen molar-refractivity contribution in [2.24, 2.45) is 0 Å². The minimum absolute atomic E-state index is 0.0354. The number of fused-ring (bicyclic) bond motifs is 1. The van der Waals surface area contributed by atoms with E-state index in [9.17, 15) is 4.79 Å². The molecular weight excluding hydrogens is 395 g/mol. The summed E-state index contributed by atoms with van der Waals surface area (Å²) in [6.07, 6.45) is 2.60. The molecule has 2 heterocycles. The Morgan fingerprint density at radius 3 is 2.31 bits per heavy atom. The molecule has 0 amide bonds. The van der Waals surface area contributed by atoms with Crippen molar-refractivity contribution in [2.45, 2.75) is 19.4 Å². The normalized spacial score (nSPS) is 14.8. The maximum atomic E-state index is 12.9. The minimum atomic E-state index is -0.0948. The molecule has 1 aliphatic rings. The molecule has 1 fully saturated rings. The first-order chi connectivity index (χ1) is 12.7. The predicted octanol–water partition coefficient (Wildman–Crippen LogP) is 2.66. The van der Waals surface area contributed by atoms with Gasteiger partial charge in [-0.3, -0.25) is 0 Å². The molecule has 0 N–H and O–H groups in total. The van der Waals surface area contributed by atoms with E-state index in [0.29, 0.717) is 16.9 Å². The van der Waals surface area contributed by atoms with Gasteiger partial charge in [-0.15, -0.1) is 0 Å². The van der Waals surface area contributed by atoms with Crippen LogP contribution in [0.5, 0.6) is 11.5 Å². The second-order valence-electron chi connectivity index (χ2n) is 6.54. The van der Waals surface area contributed by atoms with Crippen LogP contribution in [0.2, 0.25) is 0 Å². The van der Waals surface area contributed by atoms with Gasteiger partial charge in [0.1, 0.15) is 0 Å². The van der Waals surface area contributed by atoms with Crippen LogP contribution in [0.25, 0.3) is 15.3 Å². The summed E-state index contributed by atoms with van der Waals surface area (Å²) in [6, 6.07) is 12.1. The third-order valence-corrected chi connectivity index (χ3v) is 7.16. The molecule has 2 aromatic carbocycles. The Hall–Kier alpha value is -2.01. The Morgan fingerprint density at radius 1 is 1.00 bits per heavy atom. The van der Waals surface area contributed by atoms with Crippen LogP contribution < -0.4 is 15.0 Å². The second kappa shape index (κ2) is 7.31. The number of methoxy groups -OCH3 is 2. The number of benzene rings is 2. The van der Waals surface area contributed by atoms with Gasteiger partial charge >= 0.3 is 159 Å². The van der Waals surface area contributed by atoms with Crippen LogP contribution in [0.1, 0.15) is 18.4 Å². The Kier molecular flexibility index (Phi) is 4.90. The van der Waals surface area contributed by atoms with E-state index in [2.05, 4.69) is 29.2 Å². The molecule has 1 aliphatic heterocycles. The van der Waals surface area contributed by atoms with Gasteiger partial charge in [0.25, 0.3) is 0 Å². The molecule has 0 bridgehead atoms. The van der Waals surface area contributed by atoms with Crippen LogP contribution in [0.15, 0.2) is 41.2 Å². The van der Waals surface area contributed by atoms with E-state index in [1.54, 1.807) is 20.3 Å². The van der Waals surface area contributed by atoms with Gasteiger partial charge in [-0.25, -0.2) is 0 Å². The summed E-state index contributed by atoms with van der Waals surface area (Å²) in [7, 11) is 3.20. The number of hydrogen-bond acceptors (Lipinski definition) is 4. The summed E-state index contributed by atoms with van der Waals surface area (Å²) in [5.74, 6) is 1.27. The molecule has 0 radical (unpaired) electrons. The van der Waals surface area contributed by atoms with Gasteiger partial charge in [0.15, 0.2) is 0 Å². The first-order valence-electron chi connectivity index (χ1n) is 8.79. The molecule has 0 unspecified atom stereocenters. The molecule has 0 atom stereocenters. The van der Waals surface area contributed by atoms with Crippen LogP contribution in [-0.4, -0.2) is 50.5 Å². The van der Waals surface area contributed by atoms with Crippen molar-refractivity contribution in [3.8, 4) is 17.2 Å². The van der Waals surface area contributed by atoms with E-state index in [1.807, 2.05) is 9.63 Å². The number of nitrogens with zero attached hydrogens (tertiary/aromatic N) is 2. The van der Waals surface area contributed by atoms with Crippen LogP contribution >= 0.6 is 0 Å². The van der Waals surface area contributed by atoms with Crippen LogP contribution in [0.3, 0.4) is 0 Å². The first-order valence-corrected chi connectivity index (χ1v) is 10.4. The van der Waals surface area contributed by atoms with E-state index in [0.717, 1.165) is 16.5 Å². The third-order valence-electron chi connectivity index (χ3n) is 4.87. The van der Waals surface area contributed by atoms with Crippen LogP contribution in [0, 0.1) is 0 Å². The Bertz CT molecular complexity index is 969. The summed E-state index contributed by atoms with van der Waals surface area (Å²) in [4.78, 5) is 15.3. The molecule has 5 nitrogen and oxygen atoms in total. The van der Waals surface area contributed by atoms with E-state index in [-0.39, 0.29) is 20.3 Å². The summed E-state index contributed by atoms with van der Waals surface area (Å²) >= 11 is -0.0948. The molecule has 0 saturated carbocycles. The van der Waals surface area contributed by atoms with Crippen molar-refractivity contribution in [1.82, 2.24) is 8.46 Å². The van der Waals surface area contributed by atoms with E-state index >= 15 is 0 Å². The Morgan fingerprint density at radius 2 is 1.65 bits per heavy atom. The first kappa shape index (κ1) is 17.4. The maximum absolute atomic E-state index is 12.9. The summed E-state index contributed by atoms with van der Waals surface area (Å²) in [6.45, 7) is 3.37. The van der Waals surface area contributed by atoms with Gasteiger partial charge in [-0.05, 0) is 0 Å². The number of hydrogen-bond donors (Lipinski definition) is 0. The molecule has 1 aromatic heterocycles. The molecule has 6 heteroatoms. The molecule has 4 rings (SSSR count). The molecule has 136 valence electrons. The van der Waals surface area contributed by atoms with Gasteiger partial charge in [0.2, 0.25) is 0 Å². The topological polar surface area (TPSA) is 43.7 Å². The van der Waals surface area contributed by atoms with Gasteiger partial charge in [0, 0.05) is 0 Å². The van der Waals surface area contributed by atoms with Crippen molar-refractivity contribution in [2.75, 3.05) is 27.3 Å². The molecular formula is C20H22N2O3Se. The van der Waals surface area contributed by atoms with E-state index < -0.39 is 0 Å². The third kappa shape index (κ3) is 3.20. The standard InChI is InChI=1S/C20H22N2O3Se/c1-24-17-11-16-19(12-18(17)25-2)26-22(20(16)23)15-7-5-14(6-8-15)13-21-9-3-4-10-21/h5-8,11-12H,3-4,9-10,13H2,1-2H3. The molecule has 0 aliphatic carbocycles. The Labute approximate surface area is 158 Å². The van der Waals surface area contributed by atoms with E-state index in [4.69, 9.17) is 9.47 Å². The quantitative estimate of drug-likeness (QED) is 0.599. The van der Waals surface area contributed by atoms with Crippen molar-refractivity contribution >= 4 is 24.4 Å². The molecule has 26 heavy (non-hydrogen) atoms. The van der Waals surface area contributed by atoms with Crippen molar-refractivity contribution in [3.05, 3.63) is 52.3 Å². The fourth-order valence-corrected chi connectivity index (χ4v) is 5.58. The zero-order valence-corrected chi connectivity index (χ0v) is 16.7. The average molecular weight is 417 g/mol. The van der Waals surface area contributed by atoms with Crippen LogP contribution in [-0.2, 0) is 6.54 Å². The molecule has 0 spiro atoms. The van der Waals surface area contributed by atoms with Crippen molar-refractivity contribution in [1.29, 1.82) is 0 Å². The van der Waals surface area contributed by atoms with Crippen LogP contribution in [0.4, 0.5) is 0 Å². The van der Waals surface area contributed by atoms with E-state index in [1.165, 1.54) is 31.5 Å². The predicted molar refractivity (Wildman–Crippen MR) is 104 cm³/mol. The van der Waals surface area contributed by atoms with Crippen molar-refractivity contribution < 1.29 is 9.47 Å². The number of likely N-dealkylation sites (tertiary alicyclic amines) is 1. The number of rotatable bonds is 5. The second-order valence-corrected chi connectivity index (χ2v) is 8.62. The average Bonchev–Trinajstić information content (AvgIpc) is 3.29. The summed E-state index contributed by atoms with van der Waals surface area (Å²) in [5.41, 5.74) is 2.29. The summed E-state index contributed by atoms with van der Waals surface area (Å²) < 4.78 is 13.6. The fraction of sp³-hybridized carbons (Fsp3) is 0.350. The monoisotopic (exact) mass is 418 g/mol. The number of ether oxygens (including phenoxy) is 2.